The Labute approximate surface area is 118 Å². The molecule has 0 unspecified atom stereocenters. The summed E-state index contributed by atoms with van der Waals surface area (Å²) in [5, 5.41) is 0. The molecule has 2 aliphatic rings. The Morgan fingerprint density at radius 1 is 1.50 bits per heavy atom. The summed E-state index contributed by atoms with van der Waals surface area (Å²) in [5.41, 5.74) is 1.32. The van der Waals surface area contributed by atoms with Crippen molar-refractivity contribution >= 4 is 11.7 Å². The molecule has 106 valence electrons. The number of rotatable bonds is 2. The van der Waals surface area contributed by atoms with Crippen molar-refractivity contribution in [3.63, 3.8) is 0 Å². The van der Waals surface area contributed by atoms with Gasteiger partial charge in [0.1, 0.15) is 11.7 Å². The largest absolute Gasteiger partial charge is 0.466 e. The molecule has 2 heterocycles. The van der Waals surface area contributed by atoms with Crippen molar-refractivity contribution in [2.75, 3.05) is 6.61 Å². The van der Waals surface area contributed by atoms with Crippen LogP contribution in [0.1, 0.15) is 38.7 Å². The van der Waals surface area contributed by atoms with E-state index in [-0.39, 0.29) is 17.8 Å². The summed E-state index contributed by atoms with van der Waals surface area (Å²) in [5.74, 6) is 0.434. The lowest BCUT2D eigenvalue weighted by Crippen LogP contribution is -2.47. The van der Waals surface area contributed by atoms with Crippen LogP contribution >= 0.6 is 0 Å². The SMILES string of the molecule is CCOC(=O)[C@@H]1C(C)=N[C@@]2(C)C[C@@H]1c1ccccc1O2. The van der Waals surface area contributed by atoms with Crippen molar-refractivity contribution < 1.29 is 14.3 Å². The molecule has 20 heavy (non-hydrogen) atoms. The molecule has 0 fully saturated rings. The van der Waals surface area contributed by atoms with Crippen molar-refractivity contribution in [1.82, 2.24) is 0 Å². The van der Waals surface area contributed by atoms with Gasteiger partial charge in [0.25, 0.3) is 0 Å². The maximum absolute atomic E-state index is 12.3. The van der Waals surface area contributed by atoms with Gasteiger partial charge in [0, 0.05) is 18.1 Å². The number of carbonyl (C=O) groups excluding carboxylic acids is 1. The second-order valence-electron chi connectivity index (χ2n) is 5.61. The third-order valence-electron chi connectivity index (χ3n) is 4.05. The minimum absolute atomic E-state index is 0.0847. The van der Waals surface area contributed by atoms with Gasteiger partial charge in [-0.3, -0.25) is 4.79 Å². The van der Waals surface area contributed by atoms with E-state index in [0.29, 0.717) is 13.0 Å². The van der Waals surface area contributed by atoms with E-state index >= 15 is 0 Å². The van der Waals surface area contributed by atoms with Crippen LogP contribution in [0, 0.1) is 5.92 Å². The van der Waals surface area contributed by atoms with Crippen LogP contribution < -0.4 is 4.74 Å². The Hall–Kier alpha value is -1.84. The van der Waals surface area contributed by atoms with E-state index in [2.05, 4.69) is 4.99 Å². The lowest BCUT2D eigenvalue weighted by Gasteiger charge is -2.43. The van der Waals surface area contributed by atoms with Gasteiger partial charge < -0.3 is 9.47 Å². The highest BCUT2D eigenvalue weighted by atomic mass is 16.5. The summed E-state index contributed by atoms with van der Waals surface area (Å²) in [6, 6.07) is 7.90. The van der Waals surface area contributed by atoms with Crippen LogP contribution in [0.15, 0.2) is 29.3 Å². The zero-order chi connectivity index (χ0) is 14.3. The smallest absolute Gasteiger partial charge is 0.315 e. The van der Waals surface area contributed by atoms with E-state index < -0.39 is 5.72 Å². The molecule has 0 N–H and O–H groups in total. The van der Waals surface area contributed by atoms with Crippen LogP contribution in [0.5, 0.6) is 5.75 Å². The van der Waals surface area contributed by atoms with Crippen molar-refractivity contribution in [1.29, 1.82) is 0 Å². The van der Waals surface area contributed by atoms with Gasteiger partial charge in [0.05, 0.1) is 6.61 Å². The predicted molar refractivity (Wildman–Crippen MR) is 76.1 cm³/mol. The molecule has 0 radical (unpaired) electrons. The van der Waals surface area contributed by atoms with Crippen LogP contribution in [0.4, 0.5) is 0 Å². The first-order valence-electron chi connectivity index (χ1n) is 7.05. The number of esters is 1. The molecule has 2 bridgehead atoms. The minimum Gasteiger partial charge on any atom is -0.466 e. The van der Waals surface area contributed by atoms with E-state index in [4.69, 9.17) is 9.47 Å². The number of benzene rings is 1. The van der Waals surface area contributed by atoms with Crippen LogP contribution in [0.2, 0.25) is 0 Å². The normalized spacial score (nSPS) is 30.9. The van der Waals surface area contributed by atoms with Crippen molar-refractivity contribution in [3.8, 4) is 5.75 Å². The zero-order valence-electron chi connectivity index (χ0n) is 12.1. The Morgan fingerprint density at radius 3 is 3.00 bits per heavy atom. The van der Waals surface area contributed by atoms with Crippen molar-refractivity contribution in [2.24, 2.45) is 10.9 Å². The number of fused-ring (bicyclic) bond motifs is 4. The second kappa shape index (κ2) is 4.62. The average Bonchev–Trinajstić information content (AvgIpc) is 2.37. The quantitative estimate of drug-likeness (QED) is 0.778. The lowest BCUT2D eigenvalue weighted by molar-refractivity contribution is -0.147. The number of ether oxygens (including phenoxy) is 2. The third-order valence-corrected chi connectivity index (χ3v) is 4.05. The molecule has 1 aromatic rings. The molecule has 0 aliphatic carbocycles. The minimum atomic E-state index is -0.563. The Balaban J connectivity index is 2.07. The van der Waals surface area contributed by atoms with Crippen LogP contribution in [-0.2, 0) is 9.53 Å². The number of aliphatic imine (C=N–C) groups is 1. The predicted octanol–water partition coefficient (Wildman–Crippen LogP) is 2.92. The number of hydrogen-bond donors (Lipinski definition) is 0. The summed E-state index contributed by atoms with van der Waals surface area (Å²) < 4.78 is 11.2. The molecular formula is C16H19NO3. The molecule has 3 rings (SSSR count). The van der Waals surface area contributed by atoms with Crippen LogP contribution in [-0.4, -0.2) is 24.0 Å². The molecule has 0 spiro atoms. The maximum atomic E-state index is 12.3. The van der Waals surface area contributed by atoms with Gasteiger partial charge in [-0.2, -0.15) is 0 Å². The average molecular weight is 273 g/mol. The summed E-state index contributed by atoms with van der Waals surface area (Å²) in [7, 11) is 0. The summed E-state index contributed by atoms with van der Waals surface area (Å²) in [6.45, 7) is 6.09. The fraction of sp³-hybridized carbons (Fsp3) is 0.500. The fourth-order valence-electron chi connectivity index (χ4n) is 3.34. The van der Waals surface area contributed by atoms with Gasteiger partial charge in [-0.25, -0.2) is 4.99 Å². The lowest BCUT2D eigenvalue weighted by atomic mass is 9.74. The number of hydrogen-bond acceptors (Lipinski definition) is 4. The topological polar surface area (TPSA) is 47.9 Å². The maximum Gasteiger partial charge on any atom is 0.315 e. The molecule has 0 amide bonds. The molecule has 0 saturated heterocycles. The van der Waals surface area contributed by atoms with Gasteiger partial charge in [-0.15, -0.1) is 0 Å². The first kappa shape index (κ1) is 13.2. The van der Waals surface area contributed by atoms with E-state index in [0.717, 1.165) is 17.0 Å². The van der Waals surface area contributed by atoms with E-state index in [1.807, 2.05) is 45.0 Å². The molecule has 2 aliphatic heterocycles. The molecular weight excluding hydrogens is 254 g/mol. The summed E-state index contributed by atoms with van der Waals surface area (Å²) >= 11 is 0. The molecule has 4 nitrogen and oxygen atoms in total. The fourth-order valence-corrected chi connectivity index (χ4v) is 3.34. The first-order chi connectivity index (χ1) is 9.54. The highest BCUT2D eigenvalue weighted by molar-refractivity contribution is 6.02. The summed E-state index contributed by atoms with van der Waals surface area (Å²) in [4.78, 5) is 16.9. The number of para-hydroxylation sites is 1. The van der Waals surface area contributed by atoms with Gasteiger partial charge in [0.15, 0.2) is 5.72 Å². The zero-order valence-corrected chi connectivity index (χ0v) is 12.1. The Morgan fingerprint density at radius 2 is 2.25 bits per heavy atom. The van der Waals surface area contributed by atoms with Gasteiger partial charge >= 0.3 is 5.97 Å². The first-order valence-corrected chi connectivity index (χ1v) is 7.05. The monoisotopic (exact) mass is 273 g/mol. The summed E-state index contributed by atoms with van der Waals surface area (Å²) in [6.07, 6.45) is 0.713. The van der Waals surface area contributed by atoms with Crippen molar-refractivity contribution in [3.05, 3.63) is 29.8 Å². The molecule has 1 aromatic carbocycles. The second-order valence-corrected chi connectivity index (χ2v) is 5.61. The van der Waals surface area contributed by atoms with E-state index in [1.54, 1.807) is 0 Å². The Bertz CT molecular complexity index is 581. The molecule has 0 aromatic heterocycles. The number of carbonyl (C=O) groups is 1. The van der Waals surface area contributed by atoms with Crippen LogP contribution in [0.25, 0.3) is 0 Å². The van der Waals surface area contributed by atoms with Gasteiger partial charge in [-0.05, 0) is 32.4 Å². The molecule has 0 saturated carbocycles. The highest BCUT2D eigenvalue weighted by Crippen LogP contribution is 2.48. The molecule has 3 atom stereocenters. The van der Waals surface area contributed by atoms with E-state index in [9.17, 15) is 4.79 Å². The van der Waals surface area contributed by atoms with E-state index in [1.165, 1.54) is 0 Å². The third kappa shape index (κ3) is 1.99. The van der Waals surface area contributed by atoms with Crippen LogP contribution in [0.3, 0.4) is 0 Å². The van der Waals surface area contributed by atoms with Crippen molar-refractivity contribution in [2.45, 2.75) is 38.8 Å². The van der Waals surface area contributed by atoms with Gasteiger partial charge in [-0.1, -0.05) is 18.2 Å². The highest BCUT2D eigenvalue weighted by Gasteiger charge is 2.48. The standard InChI is InChI=1S/C16H19NO3/c1-4-19-15(18)14-10(2)17-16(3)9-12(14)11-7-5-6-8-13(11)20-16/h5-8,12,14H,4,9H2,1-3H3/t12-,14-,16-/m1/s1. The van der Waals surface area contributed by atoms with Gasteiger partial charge in [0.2, 0.25) is 0 Å². The number of nitrogens with zero attached hydrogens (tertiary/aromatic N) is 1. The molecule has 4 heteroatoms. The Kier molecular flexibility index (Phi) is 3.04.